The van der Waals surface area contributed by atoms with Gasteiger partial charge in [-0.15, -0.1) is 0 Å². The van der Waals surface area contributed by atoms with Gasteiger partial charge in [0.1, 0.15) is 5.69 Å². The highest BCUT2D eigenvalue weighted by atomic mass is 79.9. The van der Waals surface area contributed by atoms with Crippen LogP contribution in [0.2, 0.25) is 0 Å². The summed E-state index contributed by atoms with van der Waals surface area (Å²) in [6, 6.07) is 12.5. The van der Waals surface area contributed by atoms with Crippen molar-refractivity contribution in [1.82, 2.24) is 14.7 Å². The lowest BCUT2D eigenvalue weighted by atomic mass is 10.1. The summed E-state index contributed by atoms with van der Waals surface area (Å²) < 4.78 is 7.10. The van der Waals surface area contributed by atoms with Crippen LogP contribution in [0, 0.1) is 0 Å². The Morgan fingerprint density at radius 2 is 1.97 bits per heavy atom. The first-order chi connectivity index (χ1) is 15.4. The fourth-order valence-electron chi connectivity index (χ4n) is 3.43. The molecule has 4 rings (SSSR count). The van der Waals surface area contributed by atoms with Crippen LogP contribution < -0.4 is 16.4 Å². The summed E-state index contributed by atoms with van der Waals surface area (Å²) in [5.74, 6) is -0.869. The molecule has 2 amide bonds. The van der Waals surface area contributed by atoms with E-state index in [1.807, 2.05) is 25.1 Å². The maximum atomic E-state index is 13.1. The lowest BCUT2D eigenvalue weighted by Gasteiger charge is -2.10. The van der Waals surface area contributed by atoms with Crippen molar-refractivity contribution in [3.63, 3.8) is 0 Å². The molecule has 2 aromatic heterocycles. The Kier molecular flexibility index (Phi) is 5.95. The van der Waals surface area contributed by atoms with E-state index >= 15 is 0 Å². The zero-order valence-electron chi connectivity index (χ0n) is 17.4. The second kappa shape index (κ2) is 8.83. The number of aromatic amines is 1. The molecule has 2 aromatic carbocycles. The maximum absolute atomic E-state index is 13.1. The Labute approximate surface area is 190 Å². The van der Waals surface area contributed by atoms with Crippen LogP contribution >= 0.6 is 15.9 Å². The number of rotatable bonds is 6. The normalized spacial score (nSPS) is 11.0. The Morgan fingerprint density at radius 1 is 1.16 bits per heavy atom. The number of anilines is 2. The van der Waals surface area contributed by atoms with Crippen LogP contribution in [0.25, 0.3) is 22.3 Å². The average Bonchev–Trinajstić information content (AvgIpc) is 3.33. The van der Waals surface area contributed by atoms with Crippen molar-refractivity contribution in [2.24, 2.45) is 7.05 Å². The van der Waals surface area contributed by atoms with Crippen LogP contribution in [0.4, 0.5) is 11.4 Å². The summed E-state index contributed by atoms with van der Waals surface area (Å²) in [5.41, 5.74) is 2.87. The second-order valence-corrected chi connectivity index (χ2v) is 8.16. The molecule has 0 radical (unpaired) electrons. The monoisotopic (exact) mass is 497 g/mol. The molecule has 9 nitrogen and oxygen atoms in total. The summed E-state index contributed by atoms with van der Waals surface area (Å²) in [6.07, 6.45) is 1.22. The molecule has 2 heterocycles. The number of carbonyl (C=O) groups is 2. The number of nitrogens with zero attached hydrogens (tertiary/aromatic N) is 2. The van der Waals surface area contributed by atoms with E-state index in [2.05, 4.69) is 41.2 Å². The molecule has 0 aliphatic carbocycles. The zero-order chi connectivity index (χ0) is 22.8. The summed E-state index contributed by atoms with van der Waals surface area (Å²) in [6.45, 7) is 1.95. The van der Waals surface area contributed by atoms with Crippen molar-refractivity contribution in [1.29, 1.82) is 0 Å². The third-order valence-electron chi connectivity index (χ3n) is 4.96. The highest BCUT2D eigenvalue weighted by Gasteiger charge is 2.18. The fraction of sp³-hybridized carbons (Fsp3) is 0.182. The molecule has 0 aliphatic rings. The summed E-state index contributed by atoms with van der Waals surface area (Å²) in [4.78, 5) is 38.9. The van der Waals surface area contributed by atoms with Crippen molar-refractivity contribution >= 4 is 50.0 Å². The molecule has 32 heavy (non-hydrogen) atoms. The first-order valence-corrected chi connectivity index (χ1v) is 10.7. The van der Waals surface area contributed by atoms with Crippen molar-refractivity contribution in [2.45, 2.75) is 19.8 Å². The fourth-order valence-corrected chi connectivity index (χ4v) is 3.79. The summed E-state index contributed by atoms with van der Waals surface area (Å²) in [5, 5.41) is 10.3. The van der Waals surface area contributed by atoms with Crippen LogP contribution in [-0.4, -0.2) is 26.5 Å². The Morgan fingerprint density at radius 3 is 2.69 bits per heavy atom. The van der Waals surface area contributed by atoms with Crippen LogP contribution in [0.3, 0.4) is 0 Å². The van der Waals surface area contributed by atoms with E-state index in [0.717, 1.165) is 21.8 Å². The first-order valence-electron chi connectivity index (χ1n) is 9.92. The van der Waals surface area contributed by atoms with Gasteiger partial charge in [-0.1, -0.05) is 34.1 Å². The van der Waals surface area contributed by atoms with E-state index in [0.29, 0.717) is 29.1 Å². The van der Waals surface area contributed by atoms with Gasteiger partial charge in [-0.2, -0.15) is 0 Å². The molecule has 0 saturated heterocycles. The van der Waals surface area contributed by atoms with E-state index in [1.54, 1.807) is 35.9 Å². The Bertz CT molecular complexity index is 1380. The van der Waals surface area contributed by atoms with E-state index in [1.165, 1.54) is 0 Å². The average molecular weight is 498 g/mol. The molecule has 164 valence electrons. The molecule has 0 spiro atoms. The minimum Gasteiger partial charge on any atom is -0.340 e. The van der Waals surface area contributed by atoms with Gasteiger partial charge in [0.15, 0.2) is 5.82 Å². The van der Waals surface area contributed by atoms with Gasteiger partial charge in [0, 0.05) is 34.6 Å². The van der Waals surface area contributed by atoms with Gasteiger partial charge < -0.3 is 15.2 Å². The van der Waals surface area contributed by atoms with Gasteiger partial charge >= 0.3 is 5.76 Å². The van der Waals surface area contributed by atoms with Gasteiger partial charge in [-0.3, -0.25) is 19.1 Å². The lowest BCUT2D eigenvalue weighted by Crippen LogP contribution is -2.16. The summed E-state index contributed by atoms with van der Waals surface area (Å²) in [7, 11) is 1.78. The number of hydrogen-bond acceptors (Lipinski definition) is 5. The third kappa shape index (κ3) is 4.35. The molecule has 0 aliphatic heterocycles. The van der Waals surface area contributed by atoms with Crippen molar-refractivity contribution in [3.05, 3.63) is 63.2 Å². The minimum absolute atomic E-state index is 0.0484. The number of halogens is 1. The van der Waals surface area contributed by atoms with E-state index in [4.69, 9.17) is 0 Å². The van der Waals surface area contributed by atoms with E-state index in [9.17, 15) is 14.4 Å². The molecular weight excluding hydrogens is 478 g/mol. The van der Waals surface area contributed by atoms with Crippen molar-refractivity contribution < 1.29 is 14.1 Å². The van der Waals surface area contributed by atoms with Gasteiger partial charge in [0.2, 0.25) is 5.91 Å². The Balaban J connectivity index is 1.64. The van der Waals surface area contributed by atoms with Crippen LogP contribution in [0.15, 0.2) is 56.3 Å². The number of carbonyl (C=O) groups excluding carboxylic acids is 2. The molecular formula is C22H20BrN5O4. The maximum Gasteiger partial charge on any atom is 0.439 e. The quantitative estimate of drug-likeness (QED) is 0.367. The zero-order valence-corrected chi connectivity index (χ0v) is 18.9. The number of amides is 2. The highest BCUT2D eigenvalue weighted by molar-refractivity contribution is 9.10. The number of nitrogens with one attached hydrogen (secondary N) is 3. The molecule has 0 unspecified atom stereocenters. The summed E-state index contributed by atoms with van der Waals surface area (Å²) >= 11 is 3.38. The Hall–Kier alpha value is -3.66. The van der Waals surface area contributed by atoms with E-state index < -0.39 is 5.76 Å². The number of fused-ring (bicyclic) bond motifs is 1. The van der Waals surface area contributed by atoms with Crippen molar-refractivity contribution in [2.75, 3.05) is 10.6 Å². The lowest BCUT2D eigenvalue weighted by molar-refractivity contribution is -0.116. The molecule has 0 fully saturated rings. The molecule has 3 N–H and O–H groups in total. The number of benzene rings is 2. The van der Waals surface area contributed by atoms with Gasteiger partial charge in [0.05, 0.1) is 11.2 Å². The molecule has 10 heteroatoms. The number of aryl methyl sites for hydroxylation is 1. The number of H-pyrrole nitrogens is 1. The number of aromatic nitrogens is 3. The van der Waals surface area contributed by atoms with Crippen LogP contribution in [0.1, 0.15) is 30.3 Å². The molecule has 0 saturated carbocycles. The second-order valence-electron chi connectivity index (χ2n) is 7.25. The predicted molar refractivity (Wildman–Crippen MR) is 125 cm³/mol. The third-order valence-corrected chi connectivity index (χ3v) is 5.46. The van der Waals surface area contributed by atoms with Gasteiger partial charge in [-0.25, -0.2) is 4.79 Å². The predicted octanol–water partition coefficient (Wildman–Crippen LogP) is 4.28. The topological polar surface area (TPSA) is 122 Å². The highest BCUT2D eigenvalue weighted by Crippen LogP contribution is 2.29. The minimum atomic E-state index is -0.687. The largest absolute Gasteiger partial charge is 0.439 e. The smallest absolute Gasteiger partial charge is 0.340 e. The van der Waals surface area contributed by atoms with Gasteiger partial charge in [-0.05, 0) is 42.8 Å². The molecule has 0 bridgehead atoms. The molecule has 0 atom stereocenters. The van der Waals surface area contributed by atoms with Crippen LogP contribution in [-0.2, 0) is 11.8 Å². The van der Waals surface area contributed by atoms with Crippen molar-refractivity contribution in [3.8, 4) is 11.4 Å². The standard InChI is InChI=1S/C22H20BrN5O4/c1-3-4-19(29)24-14-7-5-12-9-18(28(2)17(12)11-14)21(30)25-16-8-6-13(23)10-15(16)20-26-22(31)32-27-20/h5-11H,3-4H2,1-2H3,(H,24,29)(H,25,30)(H,26,27,31). The number of hydrogen-bond donors (Lipinski definition) is 3. The molecule has 4 aromatic rings. The van der Waals surface area contributed by atoms with Gasteiger partial charge in [0.25, 0.3) is 5.91 Å². The first kappa shape index (κ1) is 21.6. The van der Waals surface area contributed by atoms with Crippen LogP contribution in [0.5, 0.6) is 0 Å². The SMILES string of the molecule is CCCC(=O)Nc1ccc2cc(C(=O)Nc3ccc(Br)cc3-c3noc(=O)[nH]3)n(C)c2c1. The van der Waals surface area contributed by atoms with E-state index in [-0.39, 0.29) is 17.6 Å².